The molecule has 0 bridgehead atoms. The molecule has 2 aromatic carbocycles. The number of unbranched alkanes of at least 4 members (excludes halogenated alkanes) is 7. The fourth-order valence-electron chi connectivity index (χ4n) is 4.34. The van der Waals surface area contributed by atoms with Crippen LogP contribution in [0.5, 0.6) is 5.75 Å². The maximum absolute atomic E-state index is 12.3. The second-order valence-electron chi connectivity index (χ2n) is 10.5. The predicted octanol–water partition coefficient (Wildman–Crippen LogP) is 7.35. The van der Waals surface area contributed by atoms with Gasteiger partial charge in [0.1, 0.15) is 25.0 Å². The summed E-state index contributed by atoms with van der Waals surface area (Å²) in [6.45, 7) is 6.12. The molecule has 2 rings (SSSR count). The zero-order valence-electron chi connectivity index (χ0n) is 22.6. The summed E-state index contributed by atoms with van der Waals surface area (Å²) in [5.41, 5.74) is 2.59. The monoisotopic (exact) mass is 482 g/mol. The Morgan fingerprint density at radius 3 is 2.23 bits per heavy atom. The molecule has 0 amide bonds. The van der Waals surface area contributed by atoms with Crippen molar-refractivity contribution in [2.45, 2.75) is 90.7 Å². The van der Waals surface area contributed by atoms with Crippen LogP contribution >= 0.6 is 0 Å². The Bertz CT molecular complexity index is 834. The quantitative estimate of drug-likeness (QED) is 0.127. The molecule has 4 heteroatoms. The molecule has 0 saturated heterocycles. The molecule has 0 aliphatic carbocycles. The van der Waals surface area contributed by atoms with Crippen molar-refractivity contribution >= 4 is 5.97 Å². The minimum absolute atomic E-state index is 0.164. The molecule has 0 N–H and O–H groups in total. The molecular weight excluding hydrogens is 434 g/mol. The molecule has 1 unspecified atom stereocenters. The summed E-state index contributed by atoms with van der Waals surface area (Å²) in [5, 5.41) is 0. The molecule has 194 valence electrons. The molecule has 0 saturated carbocycles. The number of aryl methyl sites for hydroxylation is 1. The molecule has 0 radical (unpaired) electrons. The first-order chi connectivity index (χ1) is 16.9. The van der Waals surface area contributed by atoms with Gasteiger partial charge < -0.3 is 14.0 Å². The second-order valence-corrected chi connectivity index (χ2v) is 10.5. The van der Waals surface area contributed by atoms with Crippen LogP contribution in [0, 0.1) is 0 Å². The molecule has 0 heterocycles. The van der Waals surface area contributed by atoms with Gasteiger partial charge in [-0.05, 0) is 37.5 Å². The van der Waals surface area contributed by atoms with Gasteiger partial charge in [0.2, 0.25) is 0 Å². The van der Waals surface area contributed by atoms with Gasteiger partial charge in [0.05, 0.1) is 27.1 Å². The molecule has 0 aliphatic heterocycles. The van der Waals surface area contributed by atoms with Crippen molar-refractivity contribution in [3.05, 3.63) is 65.7 Å². The first-order valence-electron chi connectivity index (χ1n) is 13.6. The first-order valence-corrected chi connectivity index (χ1v) is 13.6. The van der Waals surface area contributed by atoms with Crippen LogP contribution in [0.4, 0.5) is 0 Å². The van der Waals surface area contributed by atoms with Crippen LogP contribution in [0.1, 0.15) is 82.8 Å². The highest BCUT2D eigenvalue weighted by Crippen LogP contribution is 2.18. The van der Waals surface area contributed by atoms with Crippen molar-refractivity contribution in [3.8, 4) is 5.75 Å². The SMILES string of the molecule is CCCCCCCCCCc1cccc(OC(C)COC(=O)CC[N+](C)(C)Cc2ccccc2)c1. The third-order valence-corrected chi connectivity index (χ3v) is 6.41. The average Bonchev–Trinajstić information content (AvgIpc) is 2.84. The Balaban J connectivity index is 1.63. The van der Waals surface area contributed by atoms with Gasteiger partial charge in [0.25, 0.3) is 0 Å². The van der Waals surface area contributed by atoms with E-state index in [4.69, 9.17) is 9.47 Å². The van der Waals surface area contributed by atoms with E-state index in [1.807, 2.05) is 19.1 Å². The Morgan fingerprint density at radius 1 is 0.857 bits per heavy atom. The lowest BCUT2D eigenvalue weighted by molar-refractivity contribution is -0.903. The van der Waals surface area contributed by atoms with Crippen molar-refractivity contribution in [1.82, 2.24) is 0 Å². The van der Waals surface area contributed by atoms with Gasteiger partial charge >= 0.3 is 5.97 Å². The van der Waals surface area contributed by atoms with Gasteiger partial charge in [-0.15, -0.1) is 0 Å². The van der Waals surface area contributed by atoms with Crippen LogP contribution in [-0.4, -0.2) is 43.8 Å². The van der Waals surface area contributed by atoms with Gasteiger partial charge in [-0.25, -0.2) is 0 Å². The van der Waals surface area contributed by atoms with E-state index in [9.17, 15) is 4.79 Å². The van der Waals surface area contributed by atoms with Gasteiger partial charge in [-0.1, -0.05) is 94.3 Å². The average molecular weight is 483 g/mol. The summed E-state index contributed by atoms with van der Waals surface area (Å²) in [6.07, 6.45) is 12.0. The Kier molecular flexibility index (Phi) is 13.5. The molecule has 2 aromatic rings. The standard InChI is InChI=1S/C31H48NO3/c1-5-6-7-8-9-10-11-13-17-28-20-16-21-30(24-28)35-27(2)26-34-31(33)22-23-32(3,4)25-29-18-14-12-15-19-29/h12,14-16,18-21,24,27H,5-11,13,17,22-23,25-26H2,1-4H3/q+1. The highest BCUT2D eigenvalue weighted by Gasteiger charge is 2.19. The van der Waals surface area contributed by atoms with E-state index in [2.05, 4.69) is 63.5 Å². The number of benzene rings is 2. The minimum atomic E-state index is -0.177. The van der Waals surface area contributed by atoms with Gasteiger partial charge in [-0.3, -0.25) is 4.79 Å². The lowest BCUT2D eigenvalue weighted by Gasteiger charge is -2.29. The van der Waals surface area contributed by atoms with Crippen molar-refractivity contribution < 1.29 is 18.8 Å². The zero-order chi connectivity index (χ0) is 25.4. The van der Waals surface area contributed by atoms with Crippen LogP contribution in [0.2, 0.25) is 0 Å². The largest absolute Gasteiger partial charge is 0.487 e. The molecular formula is C31H48NO3+. The number of carbonyl (C=O) groups is 1. The van der Waals surface area contributed by atoms with Gasteiger partial charge in [0, 0.05) is 5.56 Å². The molecule has 0 aromatic heterocycles. The lowest BCUT2D eigenvalue weighted by atomic mass is 10.0. The molecule has 1 atom stereocenters. The van der Waals surface area contributed by atoms with Crippen molar-refractivity contribution in [1.29, 1.82) is 0 Å². The van der Waals surface area contributed by atoms with E-state index >= 15 is 0 Å². The summed E-state index contributed by atoms with van der Waals surface area (Å²) >= 11 is 0. The van der Waals surface area contributed by atoms with Crippen molar-refractivity contribution in [2.75, 3.05) is 27.2 Å². The Labute approximate surface area is 214 Å². The van der Waals surface area contributed by atoms with Crippen LogP contribution in [0.25, 0.3) is 0 Å². The maximum Gasteiger partial charge on any atom is 0.311 e. The topological polar surface area (TPSA) is 35.5 Å². The fourth-order valence-corrected chi connectivity index (χ4v) is 4.34. The van der Waals surface area contributed by atoms with Crippen LogP contribution in [-0.2, 0) is 22.5 Å². The third kappa shape index (κ3) is 13.4. The second kappa shape index (κ2) is 16.4. The number of hydrogen-bond acceptors (Lipinski definition) is 3. The van der Waals surface area contributed by atoms with Gasteiger partial charge in [0.15, 0.2) is 0 Å². The number of nitrogens with zero attached hydrogens (tertiary/aromatic N) is 1. The minimum Gasteiger partial charge on any atom is -0.487 e. The van der Waals surface area contributed by atoms with E-state index in [0.29, 0.717) is 6.42 Å². The van der Waals surface area contributed by atoms with E-state index in [0.717, 1.165) is 29.7 Å². The fraction of sp³-hybridized carbons (Fsp3) is 0.581. The number of rotatable bonds is 18. The summed E-state index contributed by atoms with van der Waals surface area (Å²) in [5.74, 6) is 0.689. The van der Waals surface area contributed by atoms with Crippen LogP contribution < -0.4 is 4.74 Å². The predicted molar refractivity (Wildman–Crippen MR) is 146 cm³/mol. The number of quaternary nitrogens is 1. The highest BCUT2D eigenvalue weighted by molar-refractivity contribution is 5.69. The Morgan fingerprint density at radius 2 is 1.51 bits per heavy atom. The highest BCUT2D eigenvalue weighted by atomic mass is 16.6. The number of ether oxygens (including phenoxy) is 2. The summed E-state index contributed by atoms with van der Waals surface area (Å²) < 4.78 is 12.3. The molecule has 0 spiro atoms. The number of hydrogen-bond donors (Lipinski definition) is 0. The molecule has 0 aliphatic rings. The summed E-state index contributed by atoms with van der Waals surface area (Å²) in [6, 6.07) is 18.7. The van der Waals surface area contributed by atoms with E-state index in [-0.39, 0.29) is 18.7 Å². The number of esters is 1. The smallest absolute Gasteiger partial charge is 0.311 e. The van der Waals surface area contributed by atoms with Crippen molar-refractivity contribution in [3.63, 3.8) is 0 Å². The zero-order valence-corrected chi connectivity index (χ0v) is 22.6. The first kappa shape index (κ1) is 28.9. The Hall–Kier alpha value is -2.33. The van der Waals surface area contributed by atoms with Crippen LogP contribution in [0.15, 0.2) is 54.6 Å². The number of carbonyl (C=O) groups excluding carboxylic acids is 1. The van der Waals surface area contributed by atoms with E-state index < -0.39 is 0 Å². The van der Waals surface area contributed by atoms with Gasteiger partial charge in [-0.2, -0.15) is 0 Å². The molecule has 35 heavy (non-hydrogen) atoms. The summed E-state index contributed by atoms with van der Waals surface area (Å²) in [7, 11) is 4.29. The third-order valence-electron chi connectivity index (χ3n) is 6.41. The lowest BCUT2D eigenvalue weighted by Crippen LogP contribution is -2.40. The van der Waals surface area contributed by atoms with Crippen LogP contribution in [0.3, 0.4) is 0 Å². The van der Waals surface area contributed by atoms with Crippen molar-refractivity contribution in [2.24, 2.45) is 0 Å². The normalized spacial score (nSPS) is 12.3. The molecule has 0 fully saturated rings. The maximum atomic E-state index is 12.3. The van der Waals surface area contributed by atoms with E-state index in [1.165, 1.54) is 62.5 Å². The summed E-state index contributed by atoms with van der Waals surface area (Å²) in [4.78, 5) is 12.3. The van der Waals surface area contributed by atoms with E-state index in [1.54, 1.807) is 0 Å². The molecule has 4 nitrogen and oxygen atoms in total.